The molecule has 3 rings (SSSR count). The Morgan fingerprint density at radius 2 is 2.05 bits per heavy atom. The topological polar surface area (TPSA) is 31.4 Å². The van der Waals surface area contributed by atoms with Crippen molar-refractivity contribution in [3.63, 3.8) is 0 Å². The van der Waals surface area contributed by atoms with E-state index in [9.17, 15) is 0 Å². The normalized spacial score (nSPS) is 20.4. The van der Waals surface area contributed by atoms with Gasteiger partial charge >= 0.3 is 0 Å². The van der Waals surface area contributed by atoms with Crippen molar-refractivity contribution in [2.75, 3.05) is 37.6 Å². The lowest BCUT2D eigenvalue weighted by Crippen LogP contribution is -2.47. The Hall–Kier alpha value is -0.840. The molecule has 1 aromatic heterocycles. The average Bonchev–Trinajstić information content (AvgIpc) is 3.30. The summed E-state index contributed by atoms with van der Waals surface area (Å²) in [5, 5.41) is 4.08. The van der Waals surface area contributed by atoms with Gasteiger partial charge in [-0.1, -0.05) is 18.5 Å². The maximum absolute atomic E-state index is 6.41. The van der Waals surface area contributed by atoms with Crippen LogP contribution in [0.4, 0.5) is 5.82 Å². The van der Waals surface area contributed by atoms with E-state index in [1.165, 1.54) is 12.8 Å². The van der Waals surface area contributed by atoms with Crippen LogP contribution in [0.2, 0.25) is 5.02 Å². The number of piperazine rings is 1. The van der Waals surface area contributed by atoms with Crippen LogP contribution in [-0.4, -0.2) is 48.6 Å². The van der Waals surface area contributed by atoms with Crippen molar-refractivity contribution < 1.29 is 0 Å². The third-order valence-corrected chi connectivity index (χ3v) is 4.41. The first-order valence-electron chi connectivity index (χ1n) is 7.62. The van der Waals surface area contributed by atoms with Crippen LogP contribution in [0.1, 0.15) is 25.3 Å². The number of rotatable bonds is 5. The third-order valence-electron chi connectivity index (χ3n) is 4.13. The lowest BCUT2D eigenvalue weighted by atomic mass is 10.2. The number of halogens is 1. The maximum atomic E-state index is 6.41. The van der Waals surface area contributed by atoms with E-state index in [1.54, 1.807) is 0 Å². The Labute approximate surface area is 126 Å². The number of nitrogens with one attached hydrogen (secondary N) is 1. The molecular formula is C15H23ClN4. The Balaban J connectivity index is 1.61. The number of pyridine rings is 1. The first-order chi connectivity index (χ1) is 9.78. The van der Waals surface area contributed by atoms with Gasteiger partial charge in [0.25, 0.3) is 0 Å². The fraction of sp³-hybridized carbons (Fsp3) is 0.667. The summed E-state index contributed by atoms with van der Waals surface area (Å²) in [4.78, 5) is 9.49. The number of hydrogen-bond acceptors (Lipinski definition) is 4. The molecule has 5 heteroatoms. The van der Waals surface area contributed by atoms with E-state index in [-0.39, 0.29) is 0 Å². The quantitative estimate of drug-likeness (QED) is 0.901. The minimum absolute atomic E-state index is 0.778. The molecule has 4 nitrogen and oxygen atoms in total. The first-order valence-corrected chi connectivity index (χ1v) is 8.00. The molecule has 110 valence electrons. The SMILES string of the molecule is CCNCc1cnc(N2CCN(C3CC3)CC2)c(Cl)c1. The number of hydrogen-bond donors (Lipinski definition) is 1. The summed E-state index contributed by atoms with van der Waals surface area (Å²) in [5.41, 5.74) is 1.15. The standard InChI is InChI=1S/C15H23ClN4/c1-2-17-10-12-9-14(16)15(18-11-12)20-7-5-19(6-8-20)13-3-4-13/h9,11,13,17H,2-8,10H2,1H3. The van der Waals surface area contributed by atoms with Crippen LogP contribution in [0.3, 0.4) is 0 Å². The molecule has 2 aliphatic rings. The summed E-state index contributed by atoms with van der Waals surface area (Å²) >= 11 is 6.41. The van der Waals surface area contributed by atoms with Gasteiger partial charge in [0.05, 0.1) is 5.02 Å². The van der Waals surface area contributed by atoms with E-state index >= 15 is 0 Å². The molecule has 2 heterocycles. The highest BCUT2D eigenvalue weighted by Gasteiger charge is 2.31. The molecule has 20 heavy (non-hydrogen) atoms. The molecule has 0 spiro atoms. The second-order valence-corrected chi connectivity index (χ2v) is 6.09. The van der Waals surface area contributed by atoms with Gasteiger partial charge in [-0.15, -0.1) is 0 Å². The predicted molar refractivity (Wildman–Crippen MR) is 83.4 cm³/mol. The van der Waals surface area contributed by atoms with Crippen molar-refractivity contribution in [2.24, 2.45) is 0 Å². The van der Waals surface area contributed by atoms with Gasteiger partial charge in [-0.05, 0) is 31.0 Å². The lowest BCUT2D eigenvalue weighted by Gasteiger charge is -2.35. The molecule has 0 amide bonds. The largest absolute Gasteiger partial charge is 0.353 e. The Morgan fingerprint density at radius 1 is 1.30 bits per heavy atom. The zero-order valence-electron chi connectivity index (χ0n) is 12.1. The van der Waals surface area contributed by atoms with E-state index in [0.29, 0.717) is 0 Å². The van der Waals surface area contributed by atoms with Crippen LogP contribution < -0.4 is 10.2 Å². The molecule has 2 fully saturated rings. The summed E-state index contributed by atoms with van der Waals surface area (Å²) < 4.78 is 0. The average molecular weight is 295 g/mol. The van der Waals surface area contributed by atoms with Crippen LogP contribution in [0, 0.1) is 0 Å². The second-order valence-electron chi connectivity index (χ2n) is 5.68. The van der Waals surface area contributed by atoms with Gasteiger partial charge in [-0.2, -0.15) is 0 Å². The molecule has 0 aromatic carbocycles. The minimum Gasteiger partial charge on any atom is -0.353 e. The minimum atomic E-state index is 0.778. The van der Waals surface area contributed by atoms with Gasteiger partial charge < -0.3 is 10.2 Å². The zero-order valence-corrected chi connectivity index (χ0v) is 12.9. The number of aromatic nitrogens is 1. The highest BCUT2D eigenvalue weighted by molar-refractivity contribution is 6.33. The zero-order chi connectivity index (χ0) is 13.9. The van der Waals surface area contributed by atoms with Crippen LogP contribution >= 0.6 is 11.6 Å². The molecular weight excluding hydrogens is 272 g/mol. The van der Waals surface area contributed by atoms with Crippen molar-refractivity contribution in [3.05, 3.63) is 22.8 Å². The molecule has 1 aromatic rings. The molecule has 0 radical (unpaired) electrons. The van der Waals surface area contributed by atoms with Crippen LogP contribution in [0.15, 0.2) is 12.3 Å². The highest BCUT2D eigenvalue weighted by atomic mass is 35.5. The van der Waals surface area contributed by atoms with Gasteiger partial charge in [-0.25, -0.2) is 4.98 Å². The van der Waals surface area contributed by atoms with Crippen molar-refractivity contribution in [3.8, 4) is 0 Å². The summed E-state index contributed by atoms with van der Waals surface area (Å²) in [6.07, 6.45) is 4.72. The third kappa shape index (κ3) is 3.25. The van der Waals surface area contributed by atoms with Crippen LogP contribution in [0.5, 0.6) is 0 Å². The Bertz CT molecular complexity index is 453. The summed E-state index contributed by atoms with van der Waals surface area (Å²) in [5.74, 6) is 0.947. The molecule has 1 saturated carbocycles. The second kappa shape index (κ2) is 6.29. The van der Waals surface area contributed by atoms with Crippen molar-refractivity contribution in [1.29, 1.82) is 0 Å². The van der Waals surface area contributed by atoms with E-state index in [4.69, 9.17) is 11.6 Å². The van der Waals surface area contributed by atoms with Gasteiger partial charge in [0.15, 0.2) is 0 Å². The first kappa shape index (κ1) is 14.1. The smallest absolute Gasteiger partial charge is 0.147 e. The maximum Gasteiger partial charge on any atom is 0.147 e. The van der Waals surface area contributed by atoms with E-state index < -0.39 is 0 Å². The highest BCUT2D eigenvalue weighted by Crippen LogP contribution is 2.30. The summed E-state index contributed by atoms with van der Waals surface area (Å²) in [7, 11) is 0. The van der Waals surface area contributed by atoms with E-state index in [1.807, 2.05) is 12.3 Å². The van der Waals surface area contributed by atoms with Gasteiger partial charge in [0.1, 0.15) is 5.82 Å². The van der Waals surface area contributed by atoms with Crippen molar-refractivity contribution >= 4 is 17.4 Å². The molecule has 0 bridgehead atoms. The molecule has 0 unspecified atom stereocenters. The fourth-order valence-electron chi connectivity index (χ4n) is 2.81. The van der Waals surface area contributed by atoms with E-state index in [0.717, 1.165) is 61.7 Å². The Kier molecular flexibility index (Phi) is 4.44. The Morgan fingerprint density at radius 3 is 2.65 bits per heavy atom. The number of anilines is 1. The molecule has 1 aliphatic heterocycles. The molecule has 0 atom stereocenters. The molecule has 1 aliphatic carbocycles. The van der Waals surface area contributed by atoms with Gasteiger partial charge in [0.2, 0.25) is 0 Å². The summed E-state index contributed by atoms with van der Waals surface area (Å²) in [6.45, 7) is 8.25. The summed E-state index contributed by atoms with van der Waals surface area (Å²) in [6, 6.07) is 2.91. The van der Waals surface area contributed by atoms with Crippen molar-refractivity contribution in [2.45, 2.75) is 32.4 Å². The van der Waals surface area contributed by atoms with E-state index in [2.05, 4.69) is 27.0 Å². The number of nitrogens with zero attached hydrogens (tertiary/aromatic N) is 3. The fourth-order valence-corrected chi connectivity index (χ4v) is 3.12. The monoisotopic (exact) mass is 294 g/mol. The van der Waals surface area contributed by atoms with Gasteiger partial charge in [0, 0.05) is 45.0 Å². The predicted octanol–water partition coefficient (Wildman–Crippen LogP) is 2.13. The molecule has 1 saturated heterocycles. The van der Waals surface area contributed by atoms with Gasteiger partial charge in [-0.3, -0.25) is 4.90 Å². The van der Waals surface area contributed by atoms with Crippen LogP contribution in [0.25, 0.3) is 0 Å². The van der Waals surface area contributed by atoms with Crippen molar-refractivity contribution in [1.82, 2.24) is 15.2 Å². The van der Waals surface area contributed by atoms with Crippen LogP contribution in [-0.2, 0) is 6.54 Å². The molecule has 1 N–H and O–H groups in total. The lowest BCUT2D eigenvalue weighted by molar-refractivity contribution is 0.247.